The van der Waals surface area contributed by atoms with Crippen molar-refractivity contribution in [1.29, 1.82) is 0 Å². The number of carbonyl (C=O) groups is 2. The molecule has 0 saturated heterocycles. The molecule has 0 radical (unpaired) electrons. The summed E-state index contributed by atoms with van der Waals surface area (Å²) < 4.78 is 5.25. The SMILES string of the molecule is COCc1cccnc1N(C)c1ccc(/C=C/CC(NC(=O)c2c(Cl)cccc2Cl)C(=O)[O-])cc1.[Na+]. The minimum Gasteiger partial charge on any atom is -0.548 e. The number of nitrogens with zero attached hydrogens (tertiary/aromatic N) is 2. The summed E-state index contributed by atoms with van der Waals surface area (Å²) in [7, 11) is 3.56. The van der Waals surface area contributed by atoms with Gasteiger partial charge in [0.1, 0.15) is 5.82 Å². The Labute approximate surface area is 242 Å². The first-order chi connectivity index (χ1) is 16.8. The fraction of sp³-hybridized carbons (Fsp3) is 0.192. The van der Waals surface area contributed by atoms with Crippen LogP contribution in [-0.4, -0.2) is 37.1 Å². The molecule has 3 aromatic rings. The number of aliphatic carboxylic acids is 1. The van der Waals surface area contributed by atoms with Crippen LogP contribution in [0.1, 0.15) is 27.9 Å². The molecule has 0 saturated carbocycles. The minimum absolute atomic E-state index is 0. The average molecular weight is 536 g/mol. The molecule has 0 spiro atoms. The van der Waals surface area contributed by atoms with E-state index in [9.17, 15) is 14.7 Å². The van der Waals surface area contributed by atoms with Gasteiger partial charge >= 0.3 is 29.6 Å². The van der Waals surface area contributed by atoms with Crippen LogP contribution >= 0.6 is 23.2 Å². The van der Waals surface area contributed by atoms with Gasteiger partial charge in [-0.05, 0) is 42.3 Å². The first-order valence-electron chi connectivity index (χ1n) is 10.7. The molecule has 1 heterocycles. The number of rotatable bonds is 10. The van der Waals surface area contributed by atoms with Gasteiger partial charge in [-0.3, -0.25) is 4.79 Å². The summed E-state index contributed by atoms with van der Waals surface area (Å²) in [6.07, 6.45) is 5.18. The van der Waals surface area contributed by atoms with Gasteiger partial charge in [0, 0.05) is 31.6 Å². The van der Waals surface area contributed by atoms with Crippen LogP contribution in [0.2, 0.25) is 10.0 Å². The summed E-state index contributed by atoms with van der Waals surface area (Å²) >= 11 is 12.1. The Balaban J connectivity index is 0.00000456. The molecule has 3 rings (SSSR count). The molecule has 1 N–H and O–H groups in total. The second-order valence-electron chi connectivity index (χ2n) is 7.65. The summed E-state index contributed by atoms with van der Waals surface area (Å²) in [5, 5.41) is 14.2. The van der Waals surface area contributed by atoms with E-state index in [-0.39, 0.29) is 51.6 Å². The van der Waals surface area contributed by atoms with Crippen LogP contribution in [0.25, 0.3) is 6.08 Å². The smallest absolute Gasteiger partial charge is 0.548 e. The number of carboxylic acid groups (broad SMARTS) is 1. The average Bonchev–Trinajstić information content (AvgIpc) is 2.84. The first-order valence-corrected chi connectivity index (χ1v) is 11.5. The summed E-state index contributed by atoms with van der Waals surface area (Å²) in [5.74, 6) is -1.30. The molecule has 182 valence electrons. The van der Waals surface area contributed by atoms with E-state index < -0.39 is 17.9 Å². The Morgan fingerprint density at radius 2 is 1.78 bits per heavy atom. The maximum Gasteiger partial charge on any atom is 1.00 e. The van der Waals surface area contributed by atoms with Gasteiger partial charge in [-0.1, -0.05) is 59.6 Å². The van der Waals surface area contributed by atoms with Crippen molar-refractivity contribution in [3.8, 4) is 0 Å². The van der Waals surface area contributed by atoms with E-state index in [4.69, 9.17) is 27.9 Å². The van der Waals surface area contributed by atoms with E-state index in [1.165, 1.54) is 12.1 Å². The number of carbonyl (C=O) groups excluding carboxylic acids is 2. The summed E-state index contributed by atoms with van der Waals surface area (Å²) in [4.78, 5) is 30.5. The van der Waals surface area contributed by atoms with E-state index in [1.54, 1.807) is 31.5 Å². The number of carboxylic acids is 1. The quantitative estimate of drug-likeness (QED) is 0.393. The second-order valence-corrected chi connectivity index (χ2v) is 8.46. The number of hydrogen-bond donors (Lipinski definition) is 1. The molecule has 1 aromatic heterocycles. The van der Waals surface area contributed by atoms with E-state index >= 15 is 0 Å². The molecule has 1 amide bonds. The van der Waals surface area contributed by atoms with Gasteiger partial charge in [-0.25, -0.2) is 4.98 Å². The van der Waals surface area contributed by atoms with E-state index in [0.29, 0.717) is 6.61 Å². The number of benzene rings is 2. The maximum atomic E-state index is 12.5. The van der Waals surface area contributed by atoms with Gasteiger partial charge in [-0.2, -0.15) is 0 Å². The van der Waals surface area contributed by atoms with Crippen LogP contribution in [0.4, 0.5) is 11.5 Å². The number of amides is 1. The zero-order valence-electron chi connectivity index (χ0n) is 20.2. The number of anilines is 2. The number of halogens is 2. The Bertz CT molecular complexity index is 1200. The van der Waals surface area contributed by atoms with Crippen LogP contribution in [-0.2, 0) is 16.1 Å². The van der Waals surface area contributed by atoms with Gasteiger partial charge in [0.2, 0.25) is 0 Å². The normalized spacial score (nSPS) is 11.6. The van der Waals surface area contributed by atoms with Gasteiger partial charge in [0.25, 0.3) is 5.91 Å². The van der Waals surface area contributed by atoms with Crippen molar-refractivity contribution in [2.24, 2.45) is 0 Å². The van der Waals surface area contributed by atoms with Gasteiger partial charge in [0.05, 0.1) is 34.2 Å². The third-order valence-electron chi connectivity index (χ3n) is 5.23. The Morgan fingerprint density at radius 1 is 1.11 bits per heavy atom. The largest absolute Gasteiger partial charge is 1.00 e. The van der Waals surface area contributed by atoms with Crippen LogP contribution < -0.4 is 44.9 Å². The Hall–Kier alpha value is -2.39. The third kappa shape index (κ3) is 7.80. The predicted octanol–water partition coefficient (Wildman–Crippen LogP) is 1.26. The summed E-state index contributed by atoms with van der Waals surface area (Å²) in [6, 6.07) is 14.8. The summed E-state index contributed by atoms with van der Waals surface area (Å²) in [6.45, 7) is 0.452. The molecule has 0 aliphatic rings. The number of hydrogen-bond acceptors (Lipinski definition) is 6. The third-order valence-corrected chi connectivity index (χ3v) is 5.86. The van der Waals surface area contributed by atoms with E-state index in [2.05, 4.69) is 10.3 Å². The van der Waals surface area contributed by atoms with E-state index in [1.807, 2.05) is 48.3 Å². The van der Waals surface area contributed by atoms with Crippen molar-refractivity contribution in [3.63, 3.8) is 0 Å². The fourth-order valence-electron chi connectivity index (χ4n) is 3.43. The Morgan fingerprint density at radius 3 is 2.39 bits per heavy atom. The molecule has 2 aromatic carbocycles. The Kier molecular flexibility index (Phi) is 11.9. The molecular formula is C26H24Cl2N3NaO4. The number of aromatic nitrogens is 1. The minimum atomic E-state index is -1.41. The van der Waals surface area contributed by atoms with Gasteiger partial charge in [-0.15, -0.1) is 0 Å². The molecule has 7 nitrogen and oxygen atoms in total. The summed E-state index contributed by atoms with van der Waals surface area (Å²) in [5.41, 5.74) is 2.77. The van der Waals surface area contributed by atoms with Crippen LogP contribution in [0.5, 0.6) is 0 Å². The molecule has 36 heavy (non-hydrogen) atoms. The number of ether oxygens (including phenoxy) is 1. The van der Waals surface area contributed by atoms with Crippen LogP contribution in [0.15, 0.2) is 66.9 Å². The van der Waals surface area contributed by atoms with Gasteiger partial charge < -0.3 is 24.9 Å². The predicted molar refractivity (Wildman–Crippen MR) is 136 cm³/mol. The number of pyridine rings is 1. The molecule has 0 fully saturated rings. The standard InChI is InChI=1S/C26H25Cl2N3O4.Na/c1-31(24-18(16-35-2)7-5-15-29-24)19-13-11-17(12-14-19)6-3-10-22(26(33)34)30-25(32)23-20(27)8-4-9-21(23)28;/h3-9,11-15,22H,10,16H2,1-2H3,(H,30,32)(H,33,34);/q;+1/p-1/b6-3+;. The van der Waals surface area contributed by atoms with Crippen molar-refractivity contribution in [2.75, 3.05) is 19.1 Å². The van der Waals surface area contributed by atoms with Crippen LogP contribution in [0.3, 0.4) is 0 Å². The zero-order valence-corrected chi connectivity index (χ0v) is 23.7. The van der Waals surface area contributed by atoms with Crippen molar-refractivity contribution in [3.05, 3.63) is 93.6 Å². The topological polar surface area (TPSA) is 94.6 Å². The first kappa shape index (κ1) is 29.8. The zero-order chi connectivity index (χ0) is 25.4. The van der Waals surface area contributed by atoms with Crippen molar-refractivity contribution >= 4 is 52.7 Å². The molecular weight excluding hydrogens is 512 g/mol. The monoisotopic (exact) mass is 535 g/mol. The number of methoxy groups -OCH3 is 1. The molecule has 0 aliphatic heterocycles. The fourth-order valence-corrected chi connectivity index (χ4v) is 4.00. The molecule has 10 heteroatoms. The molecule has 0 aliphatic carbocycles. The second kappa shape index (κ2) is 14.4. The molecule has 0 bridgehead atoms. The number of nitrogens with one attached hydrogen (secondary N) is 1. The molecule has 1 atom stereocenters. The van der Waals surface area contributed by atoms with E-state index in [0.717, 1.165) is 22.6 Å². The maximum absolute atomic E-state index is 12.5. The van der Waals surface area contributed by atoms with Crippen LogP contribution in [0, 0.1) is 0 Å². The van der Waals surface area contributed by atoms with Gasteiger partial charge in [0.15, 0.2) is 0 Å². The van der Waals surface area contributed by atoms with Crippen molar-refractivity contribution in [1.82, 2.24) is 10.3 Å². The molecule has 1 unspecified atom stereocenters. The van der Waals surface area contributed by atoms with Crippen molar-refractivity contribution < 1.29 is 49.0 Å². The van der Waals surface area contributed by atoms with Crippen molar-refractivity contribution in [2.45, 2.75) is 19.1 Å².